The molecule has 6 heteroatoms. The minimum atomic E-state index is -0.209. The molecule has 0 bridgehead atoms. The first-order valence-electron chi connectivity index (χ1n) is 8.01. The highest BCUT2D eigenvalue weighted by molar-refractivity contribution is 8.00. The number of aromatic nitrogens is 2. The van der Waals surface area contributed by atoms with E-state index >= 15 is 0 Å². The van der Waals surface area contributed by atoms with Gasteiger partial charge >= 0.3 is 0 Å². The van der Waals surface area contributed by atoms with Crippen LogP contribution in [0.1, 0.15) is 18.4 Å². The Morgan fingerprint density at radius 3 is 2.60 bits per heavy atom. The van der Waals surface area contributed by atoms with Crippen LogP contribution in [0.3, 0.4) is 0 Å². The summed E-state index contributed by atoms with van der Waals surface area (Å²) < 4.78 is 5.20. The number of rotatable bonds is 6. The van der Waals surface area contributed by atoms with Crippen molar-refractivity contribution in [3.63, 3.8) is 0 Å². The first-order chi connectivity index (χ1) is 12.1. The van der Waals surface area contributed by atoms with Gasteiger partial charge in [0.25, 0.3) is 0 Å². The third-order valence-electron chi connectivity index (χ3n) is 3.62. The number of amides is 1. The molecular weight excluding hydrogens is 334 g/mol. The lowest BCUT2D eigenvalue weighted by Gasteiger charge is -2.10. The highest BCUT2D eigenvalue weighted by Crippen LogP contribution is 2.23. The maximum absolute atomic E-state index is 12.2. The Morgan fingerprint density at radius 1 is 1.16 bits per heavy atom. The van der Waals surface area contributed by atoms with Gasteiger partial charge in [-0.25, -0.2) is 0 Å². The fourth-order valence-corrected chi connectivity index (χ4v) is 3.10. The molecule has 0 aliphatic rings. The second-order valence-corrected chi connectivity index (χ2v) is 7.08. The largest absolute Gasteiger partial charge is 0.346 e. The van der Waals surface area contributed by atoms with Gasteiger partial charge < -0.3 is 9.84 Å². The van der Waals surface area contributed by atoms with Crippen molar-refractivity contribution in [3.8, 4) is 11.4 Å². The highest BCUT2D eigenvalue weighted by Gasteiger charge is 2.16. The quantitative estimate of drug-likeness (QED) is 0.682. The van der Waals surface area contributed by atoms with Crippen LogP contribution >= 0.6 is 11.8 Å². The fraction of sp³-hybridized carbons (Fsp3) is 0.211. The van der Waals surface area contributed by atoms with Gasteiger partial charge in [0.15, 0.2) is 0 Å². The topological polar surface area (TPSA) is 68.0 Å². The van der Waals surface area contributed by atoms with Crippen LogP contribution in [-0.2, 0) is 11.3 Å². The summed E-state index contributed by atoms with van der Waals surface area (Å²) in [7, 11) is 0. The SMILES string of the molecule is Cc1ccc(S[C@@H](C)C(=O)NCc2nc(-c3ccccc3)no2)cc1. The number of hydrogen-bond acceptors (Lipinski definition) is 5. The van der Waals surface area contributed by atoms with Gasteiger partial charge in [0, 0.05) is 10.5 Å². The molecule has 0 spiro atoms. The Bertz CT molecular complexity index is 831. The molecule has 0 aliphatic carbocycles. The van der Waals surface area contributed by atoms with Crippen molar-refractivity contribution >= 4 is 17.7 Å². The van der Waals surface area contributed by atoms with Crippen molar-refractivity contribution in [2.24, 2.45) is 0 Å². The maximum atomic E-state index is 12.2. The molecule has 2 aromatic carbocycles. The van der Waals surface area contributed by atoms with Crippen LogP contribution in [0.4, 0.5) is 0 Å². The van der Waals surface area contributed by atoms with Crippen molar-refractivity contribution in [2.45, 2.75) is 30.5 Å². The van der Waals surface area contributed by atoms with Crippen LogP contribution < -0.4 is 5.32 Å². The lowest BCUT2D eigenvalue weighted by molar-refractivity contribution is -0.120. The minimum absolute atomic E-state index is 0.0648. The molecule has 0 saturated carbocycles. The molecule has 3 rings (SSSR count). The molecule has 128 valence electrons. The number of nitrogens with zero attached hydrogens (tertiary/aromatic N) is 2. The van der Waals surface area contributed by atoms with E-state index in [9.17, 15) is 4.79 Å². The Labute approximate surface area is 150 Å². The molecule has 25 heavy (non-hydrogen) atoms. The van der Waals surface area contributed by atoms with Gasteiger partial charge in [-0.2, -0.15) is 4.98 Å². The normalized spacial score (nSPS) is 11.9. The molecule has 1 heterocycles. The Balaban J connectivity index is 1.53. The molecule has 0 radical (unpaired) electrons. The number of hydrogen-bond donors (Lipinski definition) is 1. The second kappa shape index (κ2) is 7.98. The van der Waals surface area contributed by atoms with Crippen molar-refractivity contribution in [3.05, 3.63) is 66.1 Å². The summed E-state index contributed by atoms with van der Waals surface area (Å²) >= 11 is 1.52. The van der Waals surface area contributed by atoms with Crippen LogP contribution in [0.25, 0.3) is 11.4 Å². The maximum Gasteiger partial charge on any atom is 0.246 e. The Hall–Kier alpha value is -2.60. The molecule has 1 N–H and O–H groups in total. The monoisotopic (exact) mass is 353 g/mol. The van der Waals surface area contributed by atoms with Crippen molar-refractivity contribution in [2.75, 3.05) is 0 Å². The number of carbonyl (C=O) groups is 1. The predicted octanol–water partition coefficient (Wildman–Crippen LogP) is 3.84. The average Bonchev–Trinajstić information content (AvgIpc) is 3.11. The lowest BCUT2D eigenvalue weighted by Crippen LogP contribution is -2.30. The van der Waals surface area contributed by atoms with E-state index in [-0.39, 0.29) is 17.7 Å². The Kier molecular flexibility index (Phi) is 5.50. The van der Waals surface area contributed by atoms with E-state index in [2.05, 4.69) is 15.5 Å². The summed E-state index contributed by atoms with van der Waals surface area (Å²) in [6, 6.07) is 17.7. The minimum Gasteiger partial charge on any atom is -0.346 e. The van der Waals surface area contributed by atoms with Crippen molar-refractivity contribution < 1.29 is 9.32 Å². The van der Waals surface area contributed by atoms with Crippen LogP contribution in [0, 0.1) is 6.92 Å². The van der Waals surface area contributed by atoms with E-state index in [1.54, 1.807) is 0 Å². The van der Waals surface area contributed by atoms with Gasteiger partial charge in [0.2, 0.25) is 17.6 Å². The summed E-state index contributed by atoms with van der Waals surface area (Å²) in [5.41, 5.74) is 2.08. The molecule has 0 aliphatic heterocycles. The lowest BCUT2D eigenvalue weighted by atomic mass is 10.2. The zero-order valence-electron chi connectivity index (χ0n) is 14.1. The number of carbonyl (C=O) groups excluding carboxylic acids is 1. The van der Waals surface area contributed by atoms with E-state index in [1.807, 2.05) is 68.4 Å². The van der Waals surface area contributed by atoms with Crippen molar-refractivity contribution in [1.82, 2.24) is 15.5 Å². The van der Waals surface area contributed by atoms with Gasteiger partial charge in [-0.05, 0) is 26.0 Å². The third-order valence-corrected chi connectivity index (χ3v) is 4.73. The molecule has 0 unspecified atom stereocenters. The van der Waals surface area contributed by atoms with Gasteiger partial charge in [-0.3, -0.25) is 4.79 Å². The van der Waals surface area contributed by atoms with Gasteiger partial charge in [-0.15, -0.1) is 11.8 Å². The summed E-state index contributed by atoms with van der Waals surface area (Å²) in [6.07, 6.45) is 0. The molecule has 1 amide bonds. The molecule has 3 aromatic rings. The zero-order valence-corrected chi connectivity index (χ0v) is 14.9. The number of nitrogens with one attached hydrogen (secondary N) is 1. The van der Waals surface area contributed by atoms with E-state index in [1.165, 1.54) is 17.3 Å². The molecule has 0 saturated heterocycles. The van der Waals surface area contributed by atoms with Crippen LogP contribution in [0.2, 0.25) is 0 Å². The van der Waals surface area contributed by atoms with Gasteiger partial charge in [0.1, 0.15) is 0 Å². The van der Waals surface area contributed by atoms with Crippen LogP contribution in [-0.4, -0.2) is 21.3 Å². The highest BCUT2D eigenvalue weighted by atomic mass is 32.2. The van der Waals surface area contributed by atoms with Crippen molar-refractivity contribution in [1.29, 1.82) is 0 Å². The van der Waals surface area contributed by atoms with E-state index < -0.39 is 0 Å². The number of benzene rings is 2. The molecule has 0 fully saturated rings. The molecule has 1 atom stereocenters. The smallest absolute Gasteiger partial charge is 0.246 e. The fourth-order valence-electron chi connectivity index (χ4n) is 2.21. The van der Waals surface area contributed by atoms with Gasteiger partial charge in [-0.1, -0.05) is 53.2 Å². The number of thioether (sulfide) groups is 1. The first-order valence-corrected chi connectivity index (χ1v) is 8.89. The van der Waals surface area contributed by atoms with Crippen LogP contribution in [0.15, 0.2) is 64.0 Å². The summed E-state index contributed by atoms with van der Waals surface area (Å²) in [5, 5.41) is 6.57. The third kappa shape index (κ3) is 4.70. The standard InChI is InChI=1S/C19H19N3O2S/c1-13-8-10-16(11-9-13)25-14(2)19(23)20-12-17-21-18(22-24-17)15-6-4-3-5-7-15/h3-11,14H,12H2,1-2H3,(H,20,23)/t14-/m0/s1. The second-order valence-electron chi connectivity index (χ2n) is 5.67. The predicted molar refractivity (Wildman–Crippen MR) is 98.1 cm³/mol. The molecule has 5 nitrogen and oxygen atoms in total. The molecular formula is C19H19N3O2S. The van der Waals surface area contributed by atoms with Gasteiger partial charge in [0.05, 0.1) is 11.8 Å². The summed E-state index contributed by atoms with van der Waals surface area (Å²) in [4.78, 5) is 17.6. The Morgan fingerprint density at radius 2 is 1.88 bits per heavy atom. The van der Waals surface area contributed by atoms with Crippen LogP contribution in [0.5, 0.6) is 0 Å². The van der Waals surface area contributed by atoms with E-state index in [0.29, 0.717) is 11.7 Å². The van der Waals surface area contributed by atoms with E-state index in [4.69, 9.17) is 4.52 Å². The number of aryl methyl sites for hydroxylation is 1. The molecule has 1 aromatic heterocycles. The first kappa shape index (κ1) is 17.2. The average molecular weight is 353 g/mol. The zero-order chi connectivity index (χ0) is 17.6. The summed E-state index contributed by atoms with van der Waals surface area (Å²) in [6.45, 7) is 4.14. The van der Waals surface area contributed by atoms with E-state index in [0.717, 1.165) is 10.5 Å². The summed E-state index contributed by atoms with van der Waals surface area (Å²) in [5.74, 6) is 0.844.